The lowest BCUT2D eigenvalue weighted by Gasteiger charge is -2.12. The topological polar surface area (TPSA) is 42.2 Å². The summed E-state index contributed by atoms with van der Waals surface area (Å²) < 4.78 is 2.26. The molecule has 0 radical (unpaired) electrons. The van der Waals surface area contributed by atoms with E-state index in [4.69, 9.17) is 4.98 Å². The van der Waals surface area contributed by atoms with Crippen molar-refractivity contribution < 1.29 is 0 Å². The molecule has 0 unspecified atom stereocenters. The summed E-state index contributed by atoms with van der Waals surface area (Å²) in [5.41, 5.74) is 5.57. The van der Waals surface area contributed by atoms with Gasteiger partial charge in [-0.2, -0.15) is 0 Å². The fourth-order valence-corrected chi connectivity index (χ4v) is 3.39. The molecule has 4 aromatic rings. The quantitative estimate of drug-likeness (QED) is 0.549. The summed E-state index contributed by atoms with van der Waals surface area (Å²) in [6.45, 7) is 5.31. The summed E-state index contributed by atoms with van der Waals surface area (Å²) in [5, 5.41) is 3.50. The van der Waals surface area contributed by atoms with Crippen LogP contribution < -0.4 is 5.32 Å². The van der Waals surface area contributed by atoms with Gasteiger partial charge in [0.05, 0.1) is 11.0 Å². The van der Waals surface area contributed by atoms with Crippen LogP contribution in [0.5, 0.6) is 0 Å². The van der Waals surface area contributed by atoms with E-state index in [1.54, 1.807) is 0 Å². The normalized spacial score (nSPS) is 11.5. The molecule has 0 spiro atoms. The van der Waals surface area contributed by atoms with Crippen molar-refractivity contribution in [2.45, 2.75) is 26.7 Å². The summed E-state index contributed by atoms with van der Waals surface area (Å²) in [6.07, 6.45) is 3.95. The minimum Gasteiger partial charge on any atom is -0.367 e. The number of hydrogen-bond acceptors (Lipinski definition) is 3. The van der Waals surface area contributed by atoms with E-state index in [9.17, 15) is 0 Å². The molecule has 0 amide bonds. The molecule has 26 heavy (non-hydrogen) atoms. The smallest absolute Gasteiger partial charge is 0.180 e. The highest BCUT2D eigenvalue weighted by molar-refractivity contribution is 5.83. The highest BCUT2D eigenvalue weighted by Crippen LogP contribution is 2.24. The maximum absolute atomic E-state index is 4.83. The van der Waals surface area contributed by atoms with Crippen LogP contribution in [0.25, 0.3) is 16.7 Å². The average Bonchev–Trinajstić information content (AvgIpc) is 3.06. The maximum Gasteiger partial charge on any atom is 0.180 e. The highest BCUT2D eigenvalue weighted by Gasteiger charge is 2.14. The van der Waals surface area contributed by atoms with Crippen LogP contribution in [0.15, 0.2) is 60.8 Å². The number of nitrogens with one attached hydrogen (secondary N) is 1. The molecule has 0 saturated heterocycles. The van der Waals surface area contributed by atoms with Gasteiger partial charge in [-0.1, -0.05) is 56.3 Å². The monoisotopic (exact) mass is 344 g/mol. The Hall–Kier alpha value is -2.88. The fourth-order valence-electron chi connectivity index (χ4n) is 3.39. The van der Waals surface area contributed by atoms with E-state index in [-0.39, 0.29) is 0 Å². The molecule has 0 aliphatic rings. The number of benzene rings is 2. The highest BCUT2D eigenvalue weighted by atomic mass is 15.1. The van der Waals surface area contributed by atoms with E-state index in [0.29, 0.717) is 5.92 Å². The van der Waals surface area contributed by atoms with Gasteiger partial charge in [0.25, 0.3) is 0 Å². The molecular formula is C22H24N4. The van der Waals surface area contributed by atoms with E-state index in [2.05, 4.69) is 71.0 Å². The first-order chi connectivity index (χ1) is 12.7. The predicted molar refractivity (Wildman–Crippen MR) is 108 cm³/mol. The van der Waals surface area contributed by atoms with Gasteiger partial charge < -0.3 is 5.32 Å². The first-order valence-electron chi connectivity index (χ1n) is 9.25. The van der Waals surface area contributed by atoms with Gasteiger partial charge in [0.1, 0.15) is 0 Å². The first-order valence-corrected chi connectivity index (χ1v) is 9.25. The van der Waals surface area contributed by atoms with Crippen LogP contribution in [0, 0.1) is 5.92 Å². The lowest BCUT2D eigenvalue weighted by Crippen LogP contribution is -2.09. The molecule has 0 aliphatic carbocycles. The number of aromatic nitrogens is 3. The van der Waals surface area contributed by atoms with Crippen LogP contribution in [0.2, 0.25) is 0 Å². The zero-order valence-electron chi connectivity index (χ0n) is 15.3. The second kappa shape index (κ2) is 7.16. The second-order valence-electron chi connectivity index (χ2n) is 7.12. The van der Waals surface area contributed by atoms with E-state index in [0.717, 1.165) is 41.9 Å². The minimum absolute atomic E-state index is 0.580. The Balaban J connectivity index is 1.70. The first kappa shape index (κ1) is 16.6. The largest absolute Gasteiger partial charge is 0.367 e. The third-order valence-corrected chi connectivity index (χ3v) is 4.57. The van der Waals surface area contributed by atoms with Crippen molar-refractivity contribution in [2.75, 3.05) is 11.9 Å². The summed E-state index contributed by atoms with van der Waals surface area (Å²) in [7, 11) is 0. The van der Waals surface area contributed by atoms with Crippen molar-refractivity contribution in [2.24, 2.45) is 5.92 Å². The lowest BCUT2D eigenvalue weighted by molar-refractivity contribution is 0.634. The Labute approximate surface area is 153 Å². The third-order valence-electron chi connectivity index (χ3n) is 4.57. The Morgan fingerprint density at radius 3 is 2.58 bits per heavy atom. The van der Waals surface area contributed by atoms with Crippen LogP contribution in [-0.2, 0) is 12.8 Å². The van der Waals surface area contributed by atoms with Gasteiger partial charge in [0.15, 0.2) is 11.5 Å². The van der Waals surface area contributed by atoms with Crippen molar-refractivity contribution in [3.05, 3.63) is 72.1 Å². The molecule has 1 N–H and O–H groups in total. The van der Waals surface area contributed by atoms with E-state index in [1.807, 2.05) is 18.3 Å². The molecule has 2 heterocycles. The van der Waals surface area contributed by atoms with Crippen molar-refractivity contribution in [3.8, 4) is 0 Å². The molecule has 2 aromatic carbocycles. The van der Waals surface area contributed by atoms with Crippen LogP contribution in [-0.4, -0.2) is 20.9 Å². The lowest BCUT2D eigenvalue weighted by atomic mass is 10.1. The van der Waals surface area contributed by atoms with E-state index >= 15 is 0 Å². The second-order valence-corrected chi connectivity index (χ2v) is 7.12. The van der Waals surface area contributed by atoms with Crippen molar-refractivity contribution in [1.82, 2.24) is 14.4 Å². The number of rotatable bonds is 6. The molecule has 0 bridgehead atoms. The number of fused-ring (bicyclic) bond motifs is 3. The van der Waals surface area contributed by atoms with Crippen LogP contribution in [0.1, 0.15) is 25.1 Å². The van der Waals surface area contributed by atoms with Gasteiger partial charge in [0, 0.05) is 18.4 Å². The molecular weight excluding hydrogens is 320 g/mol. The van der Waals surface area contributed by atoms with Crippen molar-refractivity contribution in [1.29, 1.82) is 0 Å². The molecule has 4 nitrogen and oxygen atoms in total. The molecule has 4 heteroatoms. The van der Waals surface area contributed by atoms with Gasteiger partial charge in [-0.25, -0.2) is 9.97 Å². The van der Waals surface area contributed by atoms with E-state index in [1.165, 1.54) is 11.3 Å². The Kier molecular flexibility index (Phi) is 4.57. The summed E-state index contributed by atoms with van der Waals surface area (Å²) in [5.74, 6) is 1.44. The van der Waals surface area contributed by atoms with Gasteiger partial charge >= 0.3 is 0 Å². The molecule has 132 valence electrons. The van der Waals surface area contributed by atoms with Crippen molar-refractivity contribution in [3.63, 3.8) is 0 Å². The Morgan fingerprint density at radius 1 is 1.00 bits per heavy atom. The zero-order valence-corrected chi connectivity index (χ0v) is 15.3. The number of para-hydroxylation sites is 2. The number of imidazole rings is 1. The molecule has 0 aliphatic heterocycles. The predicted octanol–water partition coefficient (Wildman–Crippen LogP) is 4.74. The molecule has 0 fully saturated rings. The summed E-state index contributed by atoms with van der Waals surface area (Å²) >= 11 is 0. The van der Waals surface area contributed by atoms with Gasteiger partial charge in [-0.15, -0.1) is 0 Å². The van der Waals surface area contributed by atoms with Crippen LogP contribution in [0.3, 0.4) is 0 Å². The average molecular weight is 344 g/mol. The number of anilines is 1. The number of hydrogen-bond donors (Lipinski definition) is 1. The van der Waals surface area contributed by atoms with Crippen molar-refractivity contribution >= 4 is 22.5 Å². The van der Waals surface area contributed by atoms with E-state index < -0.39 is 0 Å². The Morgan fingerprint density at radius 2 is 1.77 bits per heavy atom. The summed E-state index contributed by atoms with van der Waals surface area (Å²) in [6, 6.07) is 18.8. The van der Waals surface area contributed by atoms with Crippen LogP contribution in [0.4, 0.5) is 5.82 Å². The van der Waals surface area contributed by atoms with Gasteiger partial charge in [-0.05, 0) is 36.5 Å². The maximum atomic E-state index is 4.83. The fraction of sp³-hybridized carbons (Fsp3) is 0.273. The Bertz CT molecular complexity index is 1020. The minimum atomic E-state index is 0.580. The van der Waals surface area contributed by atoms with Crippen LogP contribution >= 0.6 is 0 Å². The SMILES string of the molecule is CC(C)Cc1cnc2c(NCCc3ccccc3)nc3ccccc3n12. The zero-order chi connectivity index (χ0) is 17.9. The standard InChI is InChI=1S/C22H24N4/c1-16(2)14-18-15-24-22-21(23-13-12-17-8-4-3-5-9-17)25-19-10-6-7-11-20(19)26(18)22/h3-11,15-16H,12-14H2,1-2H3,(H,23,25). The molecule has 2 aromatic heterocycles. The third kappa shape index (κ3) is 3.27. The van der Waals surface area contributed by atoms with Gasteiger partial charge in [-0.3, -0.25) is 4.40 Å². The van der Waals surface area contributed by atoms with Gasteiger partial charge in [0.2, 0.25) is 0 Å². The summed E-state index contributed by atoms with van der Waals surface area (Å²) in [4.78, 5) is 9.52. The number of nitrogens with zero attached hydrogens (tertiary/aromatic N) is 3. The molecule has 0 atom stereocenters. The molecule has 0 saturated carbocycles. The molecule has 4 rings (SSSR count).